The molecule has 226 valence electrons. The lowest BCUT2D eigenvalue weighted by atomic mass is 9.81. The summed E-state index contributed by atoms with van der Waals surface area (Å²) in [5.41, 5.74) is 1.28. The zero-order valence-corrected chi connectivity index (χ0v) is 24.4. The van der Waals surface area contributed by atoms with E-state index < -0.39 is 17.7 Å². The third-order valence-corrected chi connectivity index (χ3v) is 8.35. The van der Waals surface area contributed by atoms with Crippen LogP contribution in [0.25, 0.3) is 0 Å². The Morgan fingerprint density at radius 2 is 1.79 bits per heavy atom. The topological polar surface area (TPSA) is 109 Å². The Balaban J connectivity index is 1.08. The van der Waals surface area contributed by atoms with E-state index in [2.05, 4.69) is 21.6 Å². The number of nitrogens with one attached hydrogen (secondary N) is 2. The van der Waals surface area contributed by atoms with E-state index in [9.17, 15) is 14.4 Å². The number of rotatable bonds is 11. The monoisotopic (exact) mass is 578 g/mol. The molecule has 2 N–H and O–H groups in total. The molecule has 3 aliphatic heterocycles. The maximum Gasteiger partial charge on any atom is 0.407 e. The van der Waals surface area contributed by atoms with Crippen LogP contribution in [0.2, 0.25) is 0 Å². The fraction of sp³-hybridized carbons (Fsp3) is 0.531. The Labute approximate surface area is 247 Å². The molecule has 10 heteroatoms. The summed E-state index contributed by atoms with van der Waals surface area (Å²) in [6.45, 7) is 6.62. The summed E-state index contributed by atoms with van der Waals surface area (Å²) in [7, 11) is 0. The molecule has 0 radical (unpaired) electrons. The average molecular weight is 579 g/mol. The first-order valence-electron chi connectivity index (χ1n) is 15.2. The number of fused-ring (bicyclic) bond motifs is 1. The molecule has 0 saturated carbocycles. The number of hydrogen-bond acceptors (Lipinski definition) is 7. The lowest BCUT2D eigenvalue weighted by molar-refractivity contribution is -0.161. The number of piperazine rings is 1. The minimum atomic E-state index is -0.795. The highest BCUT2D eigenvalue weighted by Crippen LogP contribution is 2.35. The molecular weight excluding hydrogens is 536 g/mol. The van der Waals surface area contributed by atoms with Crippen LogP contribution in [-0.4, -0.2) is 78.7 Å². The lowest BCUT2D eigenvalue weighted by Crippen LogP contribution is -2.72. The van der Waals surface area contributed by atoms with E-state index in [1.807, 2.05) is 54.3 Å². The fourth-order valence-corrected chi connectivity index (χ4v) is 6.08. The molecule has 2 saturated heterocycles. The summed E-state index contributed by atoms with van der Waals surface area (Å²) in [6, 6.07) is 15.0. The van der Waals surface area contributed by atoms with E-state index in [0.29, 0.717) is 58.4 Å². The standard InChI is InChI=1S/C32H42N4O6/c1-2-16-36-29(37)26(10-6-7-15-33-31(39)42-23-24-8-4-3-5-9-24)34-30(38)32(36)13-17-35(18-14-32)22-25-11-12-27-28(21-25)41-20-19-40-27/h3-5,8-9,11-12,21,26H,2,6-7,10,13-20,22-23H2,1H3,(H,33,39)(H,34,38)/t26-/m0/s1. The van der Waals surface area contributed by atoms with Crippen LogP contribution in [0.1, 0.15) is 56.6 Å². The molecule has 3 heterocycles. The smallest absolute Gasteiger partial charge is 0.407 e. The van der Waals surface area contributed by atoms with Crippen molar-refractivity contribution in [3.05, 3.63) is 59.7 Å². The second-order valence-electron chi connectivity index (χ2n) is 11.3. The van der Waals surface area contributed by atoms with Crippen molar-refractivity contribution < 1.29 is 28.6 Å². The van der Waals surface area contributed by atoms with Gasteiger partial charge in [-0.15, -0.1) is 0 Å². The van der Waals surface area contributed by atoms with Gasteiger partial charge in [-0.3, -0.25) is 14.5 Å². The van der Waals surface area contributed by atoms with E-state index in [1.165, 1.54) is 0 Å². The van der Waals surface area contributed by atoms with Gasteiger partial charge < -0.3 is 29.7 Å². The highest BCUT2D eigenvalue weighted by molar-refractivity contribution is 6.00. The fourth-order valence-electron chi connectivity index (χ4n) is 6.08. The Morgan fingerprint density at radius 3 is 2.55 bits per heavy atom. The van der Waals surface area contributed by atoms with Crippen LogP contribution < -0.4 is 20.1 Å². The molecule has 2 aromatic rings. The molecule has 0 aromatic heterocycles. The van der Waals surface area contributed by atoms with Crippen molar-refractivity contribution in [1.82, 2.24) is 20.4 Å². The predicted octanol–water partition coefficient (Wildman–Crippen LogP) is 3.63. The number of hydrogen-bond donors (Lipinski definition) is 2. The van der Waals surface area contributed by atoms with E-state index in [0.717, 1.165) is 48.7 Å². The molecule has 1 spiro atoms. The number of amides is 3. The number of unbranched alkanes of at least 4 members (excludes halogenated alkanes) is 1. The highest BCUT2D eigenvalue weighted by Gasteiger charge is 2.53. The summed E-state index contributed by atoms with van der Waals surface area (Å²) in [6.07, 6.45) is 3.48. The normalized spacial score (nSPS) is 19.8. The zero-order valence-electron chi connectivity index (χ0n) is 24.4. The van der Waals surface area contributed by atoms with Crippen molar-refractivity contribution in [3.63, 3.8) is 0 Å². The molecule has 0 bridgehead atoms. The number of likely N-dealkylation sites (tertiary alicyclic amines) is 1. The minimum Gasteiger partial charge on any atom is -0.486 e. The number of piperidine rings is 1. The molecule has 3 aliphatic rings. The number of ether oxygens (including phenoxy) is 3. The van der Waals surface area contributed by atoms with Crippen LogP contribution in [0, 0.1) is 0 Å². The van der Waals surface area contributed by atoms with E-state index in [4.69, 9.17) is 14.2 Å². The van der Waals surface area contributed by atoms with Gasteiger partial charge in [-0.25, -0.2) is 4.79 Å². The van der Waals surface area contributed by atoms with Gasteiger partial charge in [0.1, 0.15) is 31.4 Å². The van der Waals surface area contributed by atoms with Crippen molar-refractivity contribution in [2.75, 3.05) is 39.4 Å². The molecule has 0 aliphatic carbocycles. The summed E-state index contributed by atoms with van der Waals surface area (Å²) >= 11 is 0. The van der Waals surface area contributed by atoms with Crippen LogP contribution >= 0.6 is 0 Å². The van der Waals surface area contributed by atoms with Crippen LogP contribution in [0.4, 0.5) is 4.79 Å². The van der Waals surface area contributed by atoms with E-state index in [1.54, 1.807) is 0 Å². The van der Waals surface area contributed by atoms with E-state index in [-0.39, 0.29) is 18.4 Å². The molecule has 10 nitrogen and oxygen atoms in total. The van der Waals surface area contributed by atoms with Gasteiger partial charge in [0.05, 0.1) is 0 Å². The summed E-state index contributed by atoms with van der Waals surface area (Å²) in [4.78, 5) is 43.4. The second-order valence-corrected chi connectivity index (χ2v) is 11.3. The molecule has 42 heavy (non-hydrogen) atoms. The quantitative estimate of drug-likeness (QED) is 0.392. The first-order valence-corrected chi connectivity index (χ1v) is 15.2. The van der Waals surface area contributed by atoms with Crippen LogP contribution in [0.15, 0.2) is 48.5 Å². The molecule has 2 fully saturated rings. The van der Waals surface area contributed by atoms with Gasteiger partial charge in [0.25, 0.3) is 0 Å². The molecule has 0 unspecified atom stereocenters. The third-order valence-electron chi connectivity index (χ3n) is 8.35. The van der Waals surface area contributed by atoms with Crippen LogP contribution in [-0.2, 0) is 27.5 Å². The summed E-state index contributed by atoms with van der Waals surface area (Å²) in [5.74, 6) is 1.53. The number of nitrogens with zero attached hydrogens (tertiary/aromatic N) is 2. The van der Waals surface area contributed by atoms with Crippen molar-refractivity contribution in [3.8, 4) is 11.5 Å². The van der Waals surface area contributed by atoms with Crippen molar-refractivity contribution in [1.29, 1.82) is 0 Å². The number of carbonyl (C=O) groups excluding carboxylic acids is 3. The molecule has 5 rings (SSSR count). The van der Waals surface area contributed by atoms with Crippen molar-refractivity contribution in [2.24, 2.45) is 0 Å². The van der Waals surface area contributed by atoms with E-state index >= 15 is 0 Å². The first kappa shape index (κ1) is 29.7. The SMILES string of the molecule is CCCN1C(=O)[C@H](CCCCNC(=O)OCc2ccccc2)NC(=O)C12CCN(Cc1ccc3c(c1)OCCO3)CC2. The van der Waals surface area contributed by atoms with Gasteiger partial charge in [-0.2, -0.15) is 0 Å². The lowest BCUT2D eigenvalue weighted by Gasteiger charge is -2.51. The van der Waals surface area contributed by atoms with Gasteiger partial charge in [0.15, 0.2) is 11.5 Å². The predicted molar refractivity (Wildman–Crippen MR) is 157 cm³/mol. The Hall–Kier alpha value is -3.79. The Kier molecular flexibility index (Phi) is 9.84. The summed E-state index contributed by atoms with van der Waals surface area (Å²) in [5, 5.41) is 5.82. The maximum absolute atomic E-state index is 13.6. The van der Waals surface area contributed by atoms with Gasteiger partial charge in [0, 0.05) is 32.7 Å². The molecule has 3 amide bonds. The highest BCUT2D eigenvalue weighted by atomic mass is 16.6. The zero-order chi connectivity index (χ0) is 29.4. The number of alkyl carbamates (subject to hydrolysis) is 1. The van der Waals surface area contributed by atoms with Gasteiger partial charge in [0.2, 0.25) is 11.8 Å². The van der Waals surface area contributed by atoms with Gasteiger partial charge in [-0.1, -0.05) is 43.3 Å². The molecule has 2 aromatic carbocycles. The average Bonchev–Trinajstić information content (AvgIpc) is 3.02. The van der Waals surface area contributed by atoms with Crippen molar-refractivity contribution >= 4 is 17.9 Å². The largest absolute Gasteiger partial charge is 0.486 e. The minimum absolute atomic E-state index is 0.00645. The van der Waals surface area contributed by atoms with Crippen LogP contribution in [0.3, 0.4) is 0 Å². The maximum atomic E-state index is 13.6. The van der Waals surface area contributed by atoms with Gasteiger partial charge >= 0.3 is 6.09 Å². The Bertz CT molecular complexity index is 1230. The molecular formula is C32H42N4O6. The van der Waals surface area contributed by atoms with Crippen LogP contribution in [0.5, 0.6) is 11.5 Å². The summed E-state index contributed by atoms with van der Waals surface area (Å²) < 4.78 is 16.6. The molecule has 1 atom stereocenters. The van der Waals surface area contributed by atoms with Crippen molar-refractivity contribution in [2.45, 2.75) is 70.2 Å². The first-order chi connectivity index (χ1) is 20.5. The second kappa shape index (κ2) is 13.9. The number of benzene rings is 2. The van der Waals surface area contributed by atoms with Gasteiger partial charge in [-0.05, 0) is 61.8 Å². The number of carbonyl (C=O) groups is 3. The Morgan fingerprint density at radius 1 is 1.02 bits per heavy atom. The third kappa shape index (κ3) is 6.98.